The summed E-state index contributed by atoms with van der Waals surface area (Å²) in [5, 5.41) is 11.1. The maximum atomic E-state index is 11.8. The minimum Gasteiger partial charge on any atom is -0.494 e. The summed E-state index contributed by atoms with van der Waals surface area (Å²) in [7, 11) is 0. The van der Waals surface area contributed by atoms with Crippen LogP contribution in [0.4, 0.5) is 5.95 Å². The maximum absolute atomic E-state index is 11.8. The molecule has 0 spiro atoms. The van der Waals surface area contributed by atoms with Crippen molar-refractivity contribution in [2.45, 2.75) is 45.6 Å². The molecule has 1 saturated heterocycles. The van der Waals surface area contributed by atoms with Crippen LogP contribution in [0.15, 0.2) is 42.6 Å². The molecule has 0 bridgehead atoms. The van der Waals surface area contributed by atoms with Gasteiger partial charge in [0.05, 0.1) is 23.9 Å². The summed E-state index contributed by atoms with van der Waals surface area (Å²) < 4.78 is 5.89. The van der Waals surface area contributed by atoms with Crippen LogP contribution in [0.25, 0.3) is 0 Å². The summed E-state index contributed by atoms with van der Waals surface area (Å²) in [4.78, 5) is 23.0. The molecule has 178 valence electrons. The first-order valence-electron chi connectivity index (χ1n) is 11.3. The van der Waals surface area contributed by atoms with Gasteiger partial charge in [-0.2, -0.15) is 0 Å². The Hall–Kier alpha value is -2.83. The van der Waals surface area contributed by atoms with Crippen molar-refractivity contribution >= 4 is 35.1 Å². The number of ether oxygens (including phenoxy) is 1. The minimum absolute atomic E-state index is 0.129. The molecule has 0 radical (unpaired) electrons. The summed E-state index contributed by atoms with van der Waals surface area (Å²) >= 11 is 12.3. The molecule has 2 aromatic carbocycles. The van der Waals surface area contributed by atoms with Crippen molar-refractivity contribution in [2.75, 3.05) is 18.1 Å². The molecule has 1 atom stereocenters. The highest BCUT2D eigenvalue weighted by atomic mass is 35.5. The molecule has 3 aromatic rings. The number of aromatic carboxylic acids is 1. The van der Waals surface area contributed by atoms with Gasteiger partial charge in [-0.25, -0.2) is 14.8 Å². The van der Waals surface area contributed by atoms with E-state index in [9.17, 15) is 9.90 Å². The molecule has 1 fully saturated rings. The highest BCUT2D eigenvalue weighted by Gasteiger charge is 2.29. The minimum atomic E-state index is -1.03. The lowest BCUT2D eigenvalue weighted by Crippen LogP contribution is -2.25. The van der Waals surface area contributed by atoms with Gasteiger partial charge in [0.1, 0.15) is 5.75 Å². The predicted octanol–water partition coefficient (Wildman–Crippen LogP) is 6.45. The van der Waals surface area contributed by atoms with Crippen molar-refractivity contribution in [3.05, 3.63) is 80.6 Å². The average Bonchev–Trinajstić information content (AvgIpc) is 3.30. The number of carbonyl (C=O) groups is 1. The number of aromatic nitrogens is 2. The number of carboxylic acid groups (broad SMARTS) is 1. The molecule has 34 heavy (non-hydrogen) atoms. The van der Waals surface area contributed by atoms with Crippen LogP contribution in [0.2, 0.25) is 10.0 Å². The third kappa shape index (κ3) is 5.45. The number of aryl methyl sites for hydroxylation is 3. The zero-order valence-corrected chi connectivity index (χ0v) is 20.7. The third-order valence-corrected chi connectivity index (χ3v) is 6.93. The summed E-state index contributed by atoms with van der Waals surface area (Å²) in [6.45, 7) is 5.15. The van der Waals surface area contributed by atoms with Crippen LogP contribution in [0.3, 0.4) is 0 Å². The molecule has 8 heteroatoms. The van der Waals surface area contributed by atoms with Crippen molar-refractivity contribution in [1.29, 1.82) is 0 Å². The second-order valence-electron chi connectivity index (χ2n) is 8.56. The Morgan fingerprint density at radius 1 is 1.18 bits per heavy atom. The lowest BCUT2D eigenvalue weighted by molar-refractivity contribution is 0.0694. The van der Waals surface area contributed by atoms with Crippen LogP contribution in [-0.2, 0) is 6.42 Å². The van der Waals surface area contributed by atoms with Crippen LogP contribution in [0.5, 0.6) is 5.75 Å². The number of halogens is 2. The maximum Gasteiger partial charge on any atom is 0.339 e. The number of rotatable bonds is 8. The Morgan fingerprint density at radius 3 is 2.56 bits per heavy atom. The summed E-state index contributed by atoms with van der Waals surface area (Å²) in [5.41, 5.74) is 3.73. The zero-order valence-electron chi connectivity index (χ0n) is 19.2. The van der Waals surface area contributed by atoms with E-state index in [1.165, 1.54) is 6.20 Å². The number of anilines is 1. The summed E-state index contributed by atoms with van der Waals surface area (Å²) in [6, 6.07) is 11.8. The van der Waals surface area contributed by atoms with Crippen molar-refractivity contribution in [3.63, 3.8) is 0 Å². The van der Waals surface area contributed by atoms with E-state index in [4.69, 9.17) is 27.9 Å². The van der Waals surface area contributed by atoms with Gasteiger partial charge < -0.3 is 14.7 Å². The Labute approximate surface area is 209 Å². The van der Waals surface area contributed by atoms with Crippen molar-refractivity contribution in [2.24, 2.45) is 0 Å². The molecular weight excluding hydrogens is 473 g/mol. The van der Waals surface area contributed by atoms with Gasteiger partial charge in [-0.05, 0) is 80.5 Å². The number of hydrogen-bond donors (Lipinski definition) is 1. The van der Waals surface area contributed by atoms with Gasteiger partial charge in [-0.1, -0.05) is 35.3 Å². The molecule has 2 heterocycles. The van der Waals surface area contributed by atoms with Crippen LogP contribution in [-0.4, -0.2) is 34.2 Å². The lowest BCUT2D eigenvalue weighted by atomic mass is 10.0. The number of hydrogen-bond acceptors (Lipinski definition) is 5. The molecule has 1 aromatic heterocycles. The smallest absolute Gasteiger partial charge is 0.339 e. The molecule has 1 N–H and O–H groups in total. The van der Waals surface area contributed by atoms with Crippen molar-refractivity contribution < 1.29 is 14.6 Å². The Balaban J connectivity index is 1.47. The molecule has 1 aliphatic heterocycles. The first-order valence-corrected chi connectivity index (χ1v) is 12.1. The van der Waals surface area contributed by atoms with E-state index in [2.05, 4.69) is 14.9 Å². The van der Waals surface area contributed by atoms with Crippen LogP contribution in [0, 0.1) is 13.8 Å². The molecule has 1 aliphatic rings. The highest BCUT2D eigenvalue weighted by molar-refractivity contribution is 6.32. The zero-order chi connectivity index (χ0) is 24.2. The largest absolute Gasteiger partial charge is 0.494 e. The Kier molecular flexibility index (Phi) is 7.59. The van der Waals surface area contributed by atoms with Crippen molar-refractivity contribution in [3.8, 4) is 5.75 Å². The van der Waals surface area contributed by atoms with Gasteiger partial charge in [-0.15, -0.1) is 0 Å². The van der Waals surface area contributed by atoms with Gasteiger partial charge in [0, 0.05) is 22.8 Å². The second-order valence-corrected chi connectivity index (χ2v) is 9.38. The Morgan fingerprint density at radius 2 is 1.88 bits per heavy atom. The van der Waals surface area contributed by atoms with Crippen LogP contribution >= 0.6 is 23.2 Å². The fraction of sp³-hybridized carbons (Fsp3) is 0.346. The van der Waals surface area contributed by atoms with Gasteiger partial charge in [0.25, 0.3) is 0 Å². The molecular formula is C26H27Cl2N3O3. The number of benzene rings is 2. The second kappa shape index (κ2) is 10.6. The molecule has 0 amide bonds. The lowest BCUT2D eigenvalue weighted by Gasteiger charge is -2.25. The standard InChI is InChI=1S/C26H27Cl2N3O3/c1-16-13-20(14-17(2)24(16)28)34-12-4-5-22-21(25(32)33)15-29-26(30-22)31-11-3-6-23(31)18-7-9-19(27)10-8-18/h7-10,13-15,23H,3-6,11-12H2,1-2H3,(H,32,33). The average molecular weight is 500 g/mol. The van der Waals surface area contributed by atoms with E-state index in [0.29, 0.717) is 36.1 Å². The monoisotopic (exact) mass is 499 g/mol. The number of nitrogens with zero attached hydrogens (tertiary/aromatic N) is 3. The predicted molar refractivity (Wildman–Crippen MR) is 135 cm³/mol. The highest BCUT2D eigenvalue weighted by Crippen LogP contribution is 2.35. The third-order valence-electron chi connectivity index (χ3n) is 6.09. The molecule has 6 nitrogen and oxygen atoms in total. The quantitative estimate of drug-likeness (QED) is 0.358. The fourth-order valence-corrected chi connectivity index (χ4v) is 4.61. The van der Waals surface area contributed by atoms with E-state index in [0.717, 1.165) is 46.8 Å². The van der Waals surface area contributed by atoms with Gasteiger partial charge >= 0.3 is 5.97 Å². The fourth-order valence-electron chi connectivity index (χ4n) is 4.37. The summed E-state index contributed by atoms with van der Waals surface area (Å²) in [5.74, 6) is 0.286. The number of carboxylic acids is 1. The van der Waals surface area contributed by atoms with Gasteiger partial charge in [0.15, 0.2) is 0 Å². The van der Waals surface area contributed by atoms with Crippen LogP contribution in [0.1, 0.15) is 58.0 Å². The first-order chi connectivity index (χ1) is 16.3. The SMILES string of the molecule is Cc1cc(OCCCc2nc(N3CCCC3c3ccc(Cl)cc3)ncc2C(=O)O)cc(C)c1Cl. The first kappa shape index (κ1) is 24.3. The van der Waals surface area contributed by atoms with Crippen molar-refractivity contribution in [1.82, 2.24) is 9.97 Å². The van der Waals surface area contributed by atoms with E-state index >= 15 is 0 Å². The molecule has 1 unspecified atom stereocenters. The van der Waals surface area contributed by atoms with Crippen LogP contribution < -0.4 is 9.64 Å². The van der Waals surface area contributed by atoms with Gasteiger partial charge in [0.2, 0.25) is 5.95 Å². The van der Waals surface area contributed by atoms with E-state index in [-0.39, 0.29) is 11.6 Å². The van der Waals surface area contributed by atoms with E-state index < -0.39 is 5.97 Å². The van der Waals surface area contributed by atoms with E-state index in [1.807, 2.05) is 50.2 Å². The molecule has 0 aliphatic carbocycles. The Bertz CT molecular complexity index is 1160. The van der Waals surface area contributed by atoms with E-state index in [1.54, 1.807) is 0 Å². The normalized spacial score (nSPS) is 15.5. The molecule has 4 rings (SSSR count). The molecule has 0 saturated carbocycles. The topological polar surface area (TPSA) is 75.5 Å². The summed E-state index contributed by atoms with van der Waals surface area (Å²) in [6.07, 6.45) is 4.51. The van der Waals surface area contributed by atoms with Gasteiger partial charge in [-0.3, -0.25) is 0 Å².